The predicted octanol–water partition coefficient (Wildman–Crippen LogP) is 0.912. The summed E-state index contributed by atoms with van der Waals surface area (Å²) in [5.74, 6) is -1.86. The van der Waals surface area contributed by atoms with E-state index in [1.165, 1.54) is 0 Å². The first-order chi connectivity index (χ1) is 10.2. The van der Waals surface area contributed by atoms with E-state index in [1.54, 1.807) is 6.20 Å². The van der Waals surface area contributed by atoms with Gasteiger partial charge < -0.3 is 10.4 Å². The molecule has 0 aromatic carbocycles. The third-order valence-electron chi connectivity index (χ3n) is 4.47. The second kappa shape index (κ2) is 5.71. The van der Waals surface area contributed by atoms with E-state index in [4.69, 9.17) is 0 Å². The predicted molar refractivity (Wildman–Crippen MR) is 75.2 cm³/mol. The smallest absolute Gasteiger partial charge is 0.307 e. The van der Waals surface area contributed by atoms with Gasteiger partial charge in [-0.1, -0.05) is 12.2 Å². The number of aliphatic carboxylic acids is 1. The number of hydrogen-bond acceptors (Lipinski definition) is 3. The van der Waals surface area contributed by atoms with Gasteiger partial charge in [0, 0.05) is 25.5 Å². The minimum absolute atomic E-state index is 0.0207. The number of fused-ring (bicyclic) bond motifs is 2. The van der Waals surface area contributed by atoms with Crippen LogP contribution in [0.15, 0.2) is 30.6 Å². The summed E-state index contributed by atoms with van der Waals surface area (Å²) in [6, 6.07) is 1.86. The summed E-state index contributed by atoms with van der Waals surface area (Å²) in [5.41, 5.74) is 0. The molecule has 6 heteroatoms. The van der Waals surface area contributed by atoms with Gasteiger partial charge in [0.2, 0.25) is 5.91 Å². The van der Waals surface area contributed by atoms with Crippen LogP contribution in [-0.2, 0) is 16.1 Å². The van der Waals surface area contributed by atoms with Crippen LogP contribution in [0.1, 0.15) is 12.8 Å². The van der Waals surface area contributed by atoms with Crippen molar-refractivity contribution in [1.82, 2.24) is 15.1 Å². The van der Waals surface area contributed by atoms with Gasteiger partial charge in [0.1, 0.15) is 0 Å². The maximum atomic E-state index is 12.3. The highest BCUT2D eigenvalue weighted by molar-refractivity contribution is 5.86. The summed E-state index contributed by atoms with van der Waals surface area (Å²) in [6.07, 6.45) is 9.12. The van der Waals surface area contributed by atoms with Crippen LogP contribution in [0.3, 0.4) is 0 Å². The number of aryl methyl sites for hydroxylation is 1. The van der Waals surface area contributed by atoms with Crippen LogP contribution in [0, 0.1) is 23.7 Å². The van der Waals surface area contributed by atoms with E-state index in [0.717, 1.165) is 19.4 Å². The van der Waals surface area contributed by atoms with E-state index in [0.29, 0.717) is 6.54 Å². The number of hydrogen-bond donors (Lipinski definition) is 2. The quantitative estimate of drug-likeness (QED) is 0.602. The van der Waals surface area contributed by atoms with E-state index in [9.17, 15) is 14.7 Å². The standard InChI is InChI=1S/C15H19N3O3/c19-14(16-5-1-7-18-8-2-6-17-18)12-10-3-4-11(9-10)13(12)15(20)21/h2-4,6,8,10-13H,1,5,7,9H2,(H,16,19)(H,20,21)/t10-,11-,12+,13+/m0/s1. The maximum absolute atomic E-state index is 12.3. The minimum Gasteiger partial charge on any atom is -0.481 e. The Morgan fingerprint density at radius 2 is 2.05 bits per heavy atom. The van der Waals surface area contributed by atoms with E-state index < -0.39 is 17.8 Å². The largest absolute Gasteiger partial charge is 0.481 e. The number of amides is 1. The SMILES string of the molecule is O=C(O)[C@H]1[C@H](C(=O)NCCCn2cccn2)[C@H]2C=C[C@H]1C2. The monoisotopic (exact) mass is 289 g/mol. The number of nitrogens with one attached hydrogen (secondary N) is 1. The lowest BCUT2D eigenvalue weighted by Crippen LogP contribution is -2.40. The molecule has 2 N–H and O–H groups in total. The number of allylic oxidation sites excluding steroid dienone is 2. The van der Waals surface area contributed by atoms with Gasteiger partial charge in [0.15, 0.2) is 0 Å². The van der Waals surface area contributed by atoms with Crippen molar-refractivity contribution in [1.29, 1.82) is 0 Å². The zero-order valence-corrected chi connectivity index (χ0v) is 11.7. The van der Waals surface area contributed by atoms with Crippen LogP contribution in [0.5, 0.6) is 0 Å². The first-order valence-corrected chi connectivity index (χ1v) is 7.33. The molecule has 2 aliphatic rings. The van der Waals surface area contributed by atoms with E-state index in [1.807, 2.05) is 29.1 Å². The Balaban J connectivity index is 1.51. The van der Waals surface area contributed by atoms with Crippen LogP contribution in [0.4, 0.5) is 0 Å². The summed E-state index contributed by atoms with van der Waals surface area (Å²) in [7, 11) is 0. The molecule has 0 saturated heterocycles. The molecule has 1 saturated carbocycles. The van der Waals surface area contributed by atoms with Crippen LogP contribution in [-0.4, -0.2) is 33.3 Å². The van der Waals surface area contributed by atoms with Gasteiger partial charge in [-0.25, -0.2) is 0 Å². The fraction of sp³-hybridized carbons (Fsp3) is 0.533. The van der Waals surface area contributed by atoms with Crippen LogP contribution < -0.4 is 5.32 Å². The molecule has 0 spiro atoms. The number of carboxylic acid groups (broad SMARTS) is 1. The molecule has 1 aromatic rings. The number of carbonyl (C=O) groups excluding carboxylic acids is 1. The Hall–Kier alpha value is -2.11. The van der Waals surface area contributed by atoms with Crippen molar-refractivity contribution in [2.45, 2.75) is 19.4 Å². The van der Waals surface area contributed by atoms with Crippen LogP contribution in [0.2, 0.25) is 0 Å². The van der Waals surface area contributed by atoms with Crippen molar-refractivity contribution in [2.24, 2.45) is 23.7 Å². The zero-order chi connectivity index (χ0) is 14.8. The van der Waals surface area contributed by atoms with Gasteiger partial charge in [-0.05, 0) is 30.7 Å². The molecule has 2 bridgehead atoms. The molecule has 0 unspecified atom stereocenters. The van der Waals surface area contributed by atoms with Crippen molar-refractivity contribution in [3.05, 3.63) is 30.6 Å². The second-order valence-electron chi connectivity index (χ2n) is 5.75. The minimum atomic E-state index is -0.858. The Bertz CT molecular complexity index is 553. The highest BCUT2D eigenvalue weighted by atomic mass is 16.4. The lowest BCUT2D eigenvalue weighted by molar-refractivity contribution is -0.147. The molecule has 3 rings (SSSR count). The average Bonchev–Trinajstić information content (AvgIpc) is 3.18. The number of carbonyl (C=O) groups is 2. The third kappa shape index (κ3) is 2.70. The summed E-state index contributed by atoms with van der Waals surface area (Å²) < 4.78 is 1.81. The molecule has 4 atom stereocenters. The molecule has 21 heavy (non-hydrogen) atoms. The van der Waals surface area contributed by atoms with Crippen LogP contribution in [0.25, 0.3) is 0 Å². The fourth-order valence-corrected chi connectivity index (χ4v) is 3.52. The number of nitrogens with zero attached hydrogens (tertiary/aromatic N) is 2. The van der Waals surface area contributed by atoms with Crippen LogP contribution >= 0.6 is 0 Å². The number of carboxylic acids is 1. The van der Waals surface area contributed by atoms with Crippen molar-refractivity contribution in [3.63, 3.8) is 0 Å². The molecule has 6 nitrogen and oxygen atoms in total. The second-order valence-corrected chi connectivity index (χ2v) is 5.75. The summed E-state index contributed by atoms with van der Waals surface area (Å²) in [4.78, 5) is 23.6. The normalized spacial score (nSPS) is 29.7. The molecule has 0 aliphatic heterocycles. The van der Waals surface area contributed by atoms with Crippen molar-refractivity contribution < 1.29 is 14.7 Å². The summed E-state index contributed by atoms with van der Waals surface area (Å²) in [6.45, 7) is 1.29. The van der Waals surface area contributed by atoms with Crippen molar-refractivity contribution in [3.8, 4) is 0 Å². The first-order valence-electron chi connectivity index (χ1n) is 7.33. The molecule has 2 aliphatic carbocycles. The van der Waals surface area contributed by atoms with Gasteiger partial charge in [-0.2, -0.15) is 5.10 Å². The van der Waals surface area contributed by atoms with Crippen molar-refractivity contribution >= 4 is 11.9 Å². The molecule has 1 amide bonds. The first kappa shape index (κ1) is 13.9. The molecular formula is C15H19N3O3. The van der Waals surface area contributed by atoms with Gasteiger partial charge in [-0.3, -0.25) is 14.3 Å². The Kier molecular flexibility index (Phi) is 3.77. The molecule has 0 radical (unpaired) electrons. The lowest BCUT2D eigenvalue weighted by atomic mass is 9.82. The maximum Gasteiger partial charge on any atom is 0.307 e. The van der Waals surface area contributed by atoms with Gasteiger partial charge in [0.25, 0.3) is 0 Å². The molecular weight excluding hydrogens is 270 g/mol. The number of aromatic nitrogens is 2. The molecule has 112 valence electrons. The van der Waals surface area contributed by atoms with Gasteiger partial charge in [-0.15, -0.1) is 0 Å². The van der Waals surface area contributed by atoms with E-state index in [2.05, 4.69) is 10.4 Å². The summed E-state index contributed by atoms with van der Waals surface area (Å²) in [5, 5.41) is 16.3. The van der Waals surface area contributed by atoms with Crippen molar-refractivity contribution in [2.75, 3.05) is 6.54 Å². The Morgan fingerprint density at radius 3 is 2.71 bits per heavy atom. The average molecular weight is 289 g/mol. The van der Waals surface area contributed by atoms with E-state index in [-0.39, 0.29) is 17.7 Å². The van der Waals surface area contributed by atoms with E-state index >= 15 is 0 Å². The lowest BCUT2D eigenvalue weighted by Gasteiger charge is -2.23. The fourth-order valence-electron chi connectivity index (χ4n) is 3.52. The third-order valence-corrected chi connectivity index (χ3v) is 4.47. The molecule has 1 heterocycles. The van der Waals surface area contributed by atoms with Gasteiger partial charge in [0.05, 0.1) is 11.8 Å². The topological polar surface area (TPSA) is 84.2 Å². The van der Waals surface area contributed by atoms with Gasteiger partial charge >= 0.3 is 5.97 Å². The zero-order valence-electron chi connectivity index (χ0n) is 11.7. The Morgan fingerprint density at radius 1 is 1.29 bits per heavy atom. The molecule has 1 aromatic heterocycles. The highest BCUT2D eigenvalue weighted by Crippen LogP contribution is 2.48. The number of rotatable bonds is 6. The Labute approximate surface area is 122 Å². The summed E-state index contributed by atoms with van der Waals surface area (Å²) >= 11 is 0. The highest BCUT2D eigenvalue weighted by Gasteiger charge is 2.51. The molecule has 1 fully saturated rings.